The van der Waals surface area contributed by atoms with Crippen LogP contribution in [0.25, 0.3) is 0 Å². The van der Waals surface area contributed by atoms with Gasteiger partial charge in [0.05, 0.1) is 6.26 Å². The maximum Gasteiger partial charge on any atom is 0.211 e. The first-order valence-electron chi connectivity index (χ1n) is 8.26. The van der Waals surface area contributed by atoms with Gasteiger partial charge in [0, 0.05) is 45.3 Å². The molecule has 124 valence electrons. The average molecular weight is 317 g/mol. The number of piperazine rings is 1. The summed E-state index contributed by atoms with van der Waals surface area (Å²) < 4.78 is 25.1. The van der Waals surface area contributed by atoms with Crippen molar-refractivity contribution in [3.63, 3.8) is 0 Å². The van der Waals surface area contributed by atoms with E-state index in [1.165, 1.54) is 12.7 Å². The van der Waals surface area contributed by atoms with Crippen molar-refractivity contribution in [1.29, 1.82) is 0 Å². The Morgan fingerprint density at radius 1 is 1.29 bits per heavy atom. The highest BCUT2D eigenvalue weighted by Gasteiger charge is 2.30. The van der Waals surface area contributed by atoms with Crippen LogP contribution in [0.3, 0.4) is 0 Å². The molecule has 2 unspecified atom stereocenters. The zero-order chi connectivity index (χ0) is 15.5. The Hall–Kier alpha value is -0.170. The van der Waals surface area contributed by atoms with Gasteiger partial charge in [0.25, 0.3) is 0 Å². The van der Waals surface area contributed by atoms with Gasteiger partial charge in [-0.25, -0.2) is 12.7 Å². The molecule has 6 heteroatoms. The molecule has 21 heavy (non-hydrogen) atoms. The molecule has 0 spiro atoms. The summed E-state index contributed by atoms with van der Waals surface area (Å²) >= 11 is 0. The van der Waals surface area contributed by atoms with Crippen molar-refractivity contribution < 1.29 is 8.42 Å². The van der Waals surface area contributed by atoms with E-state index in [-0.39, 0.29) is 0 Å². The normalized spacial score (nSPS) is 29.9. The number of nitrogens with one attached hydrogen (secondary N) is 1. The molecule has 2 heterocycles. The fraction of sp³-hybridized carbons (Fsp3) is 1.00. The molecule has 2 rings (SSSR count). The minimum atomic E-state index is -3.03. The van der Waals surface area contributed by atoms with Crippen LogP contribution in [0, 0.1) is 11.8 Å². The lowest BCUT2D eigenvalue weighted by atomic mass is 9.95. The molecular weight excluding hydrogens is 286 g/mol. The predicted octanol–water partition coefficient (Wildman–Crippen LogP) is 0.978. The van der Waals surface area contributed by atoms with Gasteiger partial charge in [-0.3, -0.25) is 4.90 Å². The summed E-state index contributed by atoms with van der Waals surface area (Å²) in [5.41, 5.74) is 0. The molecule has 2 fully saturated rings. The second-order valence-electron chi connectivity index (χ2n) is 7.11. The average Bonchev–Trinajstić information content (AvgIpc) is 2.40. The first kappa shape index (κ1) is 17.2. The van der Waals surface area contributed by atoms with E-state index in [1.54, 1.807) is 4.31 Å². The van der Waals surface area contributed by atoms with Crippen molar-refractivity contribution in [3.8, 4) is 0 Å². The first-order chi connectivity index (χ1) is 9.86. The summed E-state index contributed by atoms with van der Waals surface area (Å²) in [6.45, 7) is 10.2. The van der Waals surface area contributed by atoms with Crippen molar-refractivity contribution in [2.75, 3.05) is 45.5 Å². The smallest absolute Gasteiger partial charge is 0.211 e. The second-order valence-corrected chi connectivity index (χ2v) is 9.09. The van der Waals surface area contributed by atoms with Gasteiger partial charge >= 0.3 is 0 Å². The van der Waals surface area contributed by atoms with Crippen LogP contribution in [0.1, 0.15) is 33.1 Å². The van der Waals surface area contributed by atoms with Gasteiger partial charge in [0.2, 0.25) is 10.0 Å². The van der Waals surface area contributed by atoms with Gasteiger partial charge in [0.15, 0.2) is 0 Å². The number of piperidine rings is 1. The quantitative estimate of drug-likeness (QED) is 0.821. The van der Waals surface area contributed by atoms with Crippen LogP contribution >= 0.6 is 0 Å². The Morgan fingerprint density at radius 3 is 2.71 bits per heavy atom. The van der Waals surface area contributed by atoms with Gasteiger partial charge in [0.1, 0.15) is 0 Å². The standard InChI is InChI=1S/C15H31N3O2S/c1-13(2)9-15-10-16-6-8-17(15)11-14-5-4-7-18(12-14)21(3,19)20/h13-16H,4-12H2,1-3H3. The van der Waals surface area contributed by atoms with E-state index in [0.717, 1.165) is 39.0 Å². The highest BCUT2D eigenvalue weighted by Crippen LogP contribution is 2.22. The Morgan fingerprint density at radius 2 is 2.05 bits per heavy atom. The zero-order valence-electron chi connectivity index (χ0n) is 13.7. The molecule has 5 nitrogen and oxygen atoms in total. The Bertz CT molecular complexity index is 425. The van der Waals surface area contributed by atoms with Crippen LogP contribution in [0.4, 0.5) is 0 Å². The lowest BCUT2D eigenvalue weighted by molar-refractivity contribution is 0.103. The molecule has 2 saturated heterocycles. The van der Waals surface area contributed by atoms with E-state index in [0.29, 0.717) is 31.0 Å². The SMILES string of the molecule is CC(C)CC1CNCCN1CC1CCCN(S(C)(=O)=O)C1. The summed E-state index contributed by atoms with van der Waals surface area (Å²) in [7, 11) is -3.03. The molecule has 2 aliphatic heterocycles. The van der Waals surface area contributed by atoms with Crippen molar-refractivity contribution >= 4 is 10.0 Å². The zero-order valence-corrected chi connectivity index (χ0v) is 14.5. The second kappa shape index (κ2) is 7.40. The number of hydrogen-bond acceptors (Lipinski definition) is 4. The summed E-state index contributed by atoms with van der Waals surface area (Å²) in [4.78, 5) is 2.59. The molecule has 2 aliphatic rings. The number of hydrogen-bond donors (Lipinski definition) is 1. The minimum absolute atomic E-state index is 0.487. The van der Waals surface area contributed by atoms with Crippen molar-refractivity contribution in [3.05, 3.63) is 0 Å². The third-order valence-corrected chi connectivity index (χ3v) is 5.93. The molecule has 0 saturated carbocycles. The third kappa shape index (κ3) is 5.20. The highest BCUT2D eigenvalue weighted by atomic mass is 32.2. The highest BCUT2D eigenvalue weighted by molar-refractivity contribution is 7.88. The molecule has 0 aromatic carbocycles. The van der Waals surface area contributed by atoms with Crippen LogP contribution in [-0.4, -0.2) is 69.2 Å². The van der Waals surface area contributed by atoms with Gasteiger partial charge in [-0.15, -0.1) is 0 Å². The van der Waals surface area contributed by atoms with Gasteiger partial charge in [-0.2, -0.15) is 0 Å². The van der Waals surface area contributed by atoms with E-state index >= 15 is 0 Å². The number of nitrogens with zero attached hydrogens (tertiary/aromatic N) is 2. The Kier molecular flexibility index (Phi) is 6.05. The maximum atomic E-state index is 11.7. The third-order valence-electron chi connectivity index (χ3n) is 4.66. The van der Waals surface area contributed by atoms with Crippen LogP contribution in [0.5, 0.6) is 0 Å². The predicted molar refractivity (Wildman–Crippen MR) is 86.8 cm³/mol. The lowest BCUT2D eigenvalue weighted by Crippen LogP contribution is -2.54. The Balaban J connectivity index is 1.92. The van der Waals surface area contributed by atoms with Gasteiger partial charge in [-0.05, 0) is 31.1 Å². The molecule has 0 radical (unpaired) electrons. The molecule has 0 aromatic heterocycles. The van der Waals surface area contributed by atoms with E-state index in [9.17, 15) is 8.42 Å². The van der Waals surface area contributed by atoms with E-state index in [4.69, 9.17) is 0 Å². The van der Waals surface area contributed by atoms with Gasteiger partial charge in [-0.1, -0.05) is 13.8 Å². The summed E-state index contributed by atoms with van der Waals surface area (Å²) in [6, 6.07) is 0.604. The minimum Gasteiger partial charge on any atom is -0.314 e. The molecule has 2 atom stereocenters. The van der Waals surface area contributed by atoms with E-state index in [1.807, 2.05) is 0 Å². The fourth-order valence-electron chi connectivity index (χ4n) is 3.63. The maximum absolute atomic E-state index is 11.7. The van der Waals surface area contributed by atoms with Gasteiger partial charge < -0.3 is 5.32 Å². The number of sulfonamides is 1. The monoisotopic (exact) mass is 317 g/mol. The Labute approximate surface area is 130 Å². The lowest BCUT2D eigenvalue weighted by Gasteiger charge is -2.41. The first-order valence-corrected chi connectivity index (χ1v) is 10.1. The summed E-state index contributed by atoms with van der Waals surface area (Å²) in [6.07, 6.45) is 4.71. The van der Waals surface area contributed by atoms with E-state index in [2.05, 4.69) is 24.1 Å². The van der Waals surface area contributed by atoms with Crippen molar-refractivity contribution in [1.82, 2.24) is 14.5 Å². The van der Waals surface area contributed by atoms with Crippen LogP contribution in [-0.2, 0) is 10.0 Å². The summed E-state index contributed by atoms with van der Waals surface area (Å²) in [5, 5.41) is 3.49. The van der Waals surface area contributed by atoms with Crippen LogP contribution < -0.4 is 5.32 Å². The summed E-state index contributed by atoms with van der Waals surface area (Å²) in [5.74, 6) is 1.19. The largest absolute Gasteiger partial charge is 0.314 e. The van der Waals surface area contributed by atoms with Crippen molar-refractivity contribution in [2.24, 2.45) is 11.8 Å². The number of rotatable bonds is 5. The molecule has 0 aliphatic carbocycles. The van der Waals surface area contributed by atoms with Crippen molar-refractivity contribution in [2.45, 2.75) is 39.2 Å². The van der Waals surface area contributed by atoms with E-state index < -0.39 is 10.0 Å². The fourth-order valence-corrected chi connectivity index (χ4v) is 4.57. The topological polar surface area (TPSA) is 52.6 Å². The van der Waals surface area contributed by atoms with Crippen LogP contribution in [0.2, 0.25) is 0 Å². The van der Waals surface area contributed by atoms with Crippen LogP contribution in [0.15, 0.2) is 0 Å². The molecular formula is C15H31N3O2S. The molecule has 0 aromatic rings. The molecule has 0 bridgehead atoms. The molecule has 0 amide bonds. The molecule has 1 N–H and O–H groups in total.